The molecule has 25 heavy (non-hydrogen) atoms. The van der Waals surface area contributed by atoms with Gasteiger partial charge in [0.25, 0.3) is 0 Å². The van der Waals surface area contributed by atoms with Gasteiger partial charge in [-0.1, -0.05) is 20.3 Å². The predicted octanol–water partition coefficient (Wildman–Crippen LogP) is 3.55. The van der Waals surface area contributed by atoms with Crippen molar-refractivity contribution in [2.45, 2.75) is 63.3 Å². The summed E-state index contributed by atoms with van der Waals surface area (Å²) in [5.74, 6) is -16.6. The minimum absolute atomic E-state index is 0.0303. The van der Waals surface area contributed by atoms with E-state index in [2.05, 4.69) is 5.10 Å². The van der Waals surface area contributed by atoms with Crippen molar-refractivity contribution < 1.29 is 40.6 Å². The minimum atomic E-state index is -6.61. The molecule has 0 aromatic carbocycles. The van der Waals surface area contributed by atoms with Crippen molar-refractivity contribution in [2.75, 3.05) is 0 Å². The van der Waals surface area contributed by atoms with Crippen LogP contribution in [0.5, 0.6) is 0 Å². The van der Waals surface area contributed by atoms with Gasteiger partial charge in [0.1, 0.15) is 0 Å². The summed E-state index contributed by atoms with van der Waals surface area (Å²) in [6.07, 6.45) is -6.20. The molecule has 4 nitrogen and oxygen atoms in total. The SMILES string of the molecule is CC(C)C(=O)N1N=C2CCCCC2C1(O)C(F)(F)C(F)(F)C(F)(F)F. The van der Waals surface area contributed by atoms with Crippen LogP contribution >= 0.6 is 0 Å². The number of halogens is 7. The molecule has 2 unspecified atom stereocenters. The number of rotatable bonds is 3. The third kappa shape index (κ3) is 2.61. The van der Waals surface area contributed by atoms with Crippen molar-refractivity contribution in [3.8, 4) is 0 Å². The molecule has 144 valence electrons. The second-order valence-corrected chi connectivity index (χ2v) is 6.57. The topological polar surface area (TPSA) is 52.9 Å². The molecular formula is C14H17F7N2O2. The summed E-state index contributed by atoms with van der Waals surface area (Å²) in [4.78, 5) is 12.1. The van der Waals surface area contributed by atoms with Crippen LogP contribution in [-0.4, -0.2) is 45.5 Å². The summed E-state index contributed by atoms with van der Waals surface area (Å²) in [6.45, 7) is 2.45. The van der Waals surface area contributed by atoms with Gasteiger partial charge < -0.3 is 5.11 Å². The number of nitrogens with zero attached hydrogens (tertiary/aromatic N) is 2. The van der Waals surface area contributed by atoms with E-state index in [0.717, 1.165) is 0 Å². The first-order valence-electron chi connectivity index (χ1n) is 7.65. The van der Waals surface area contributed by atoms with Crippen LogP contribution in [-0.2, 0) is 4.79 Å². The third-order valence-electron chi connectivity index (χ3n) is 4.53. The first kappa shape index (κ1) is 19.9. The Labute approximate surface area is 138 Å². The van der Waals surface area contributed by atoms with E-state index in [1.165, 1.54) is 13.8 Å². The van der Waals surface area contributed by atoms with Gasteiger partial charge in [0.15, 0.2) is 0 Å². The van der Waals surface area contributed by atoms with Crippen molar-refractivity contribution in [1.82, 2.24) is 5.01 Å². The smallest absolute Gasteiger partial charge is 0.364 e. The Kier molecular flexibility index (Phi) is 4.64. The molecule has 1 amide bonds. The molecule has 11 heteroatoms. The van der Waals surface area contributed by atoms with E-state index in [9.17, 15) is 40.6 Å². The van der Waals surface area contributed by atoms with E-state index in [-0.39, 0.29) is 30.0 Å². The van der Waals surface area contributed by atoms with Gasteiger partial charge in [-0.05, 0) is 19.3 Å². The van der Waals surface area contributed by atoms with E-state index in [1.54, 1.807) is 0 Å². The van der Waals surface area contributed by atoms with Crippen LogP contribution < -0.4 is 0 Å². The van der Waals surface area contributed by atoms with Crippen LogP contribution in [0.4, 0.5) is 30.7 Å². The Bertz CT molecular complexity index is 588. The quantitative estimate of drug-likeness (QED) is 0.764. The molecule has 0 bridgehead atoms. The number of carbonyl (C=O) groups excluding carboxylic acids is 1. The van der Waals surface area contributed by atoms with Gasteiger partial charge in [-0.25, -0.2) is 0 Å². The number of hydrogen-bond acceptors (Lipinski definition) is 3. The van der Waals surface area contributed by atoms with Gasteiger partial charge in [-0.3, -0.25) is 4.79 Å². The molecule has 0 aromatic heterocycles. The summed E-state index contributed by atoms with van der Waals surface area (Å²) >= 11 is 0. The fraction of sp³-hybridized carbons (Fsp3) is 0.857. The zero-order valence-corrected chi connectivity index (χ0v) is 13.4. The van der Waals surface area contributed by atoms with Crippen LogP contribution in [0.25, 0.3) is 0 Å². The van der Waals surface area contributed by atoms with Gasteiger partial charge in [0.05, 0.1) is 5.92 Å². The molecule has 2 atom stereocenters. The highest BCUT2D eigenvalue weighted by atomic mass is 19.4. The van der Waals surface area contributed by atoms with Crippen LogP contribution in [0.3, 0.4) is 0 Å². The lowest BCUT2D eigenvalue weighted by atomic mass is 9.76. The van der Waals surface area contributed by atoms with E-state index < -0.39 is 41.5 Å². The molecule has 1 N–H and O–H groups in total. The number of alkyl halides is 7. The maximum absolute atomic E-state index is 14.4. The average Bonchev–Trinajstić information content (AvgIpc) is 2.80. The highest BCUT2D eigenvalue weighted by molar-refractivity contribution is 5.93. The Morgan fingerprint density at radius 3 is 2.24 bits per heavy atom. The second kappa shape index (κ2) is 5.82. The molecule has 2 aliphatic rings. The molecule has 1 fully saturated rings. The van der Waals surface area contributed by atoms with Gasteiger partial charge >= 0.3 is 18.0 Å². The average molecular weight is 378 g/mol. The standard InChI is InChI=1S/C14H17F7N2O2/c1-7(2)10(24)23-11(25,8-5-3-4-6-9(8)22-23)12(15,16)13(17,18)14(19,20)21/h7-8,25H,3-6H2,1-2H3. The van der Waals surface area contributed by atoms with Crippen LogP contribution in [0.2, 0.25) is 0 Å². The van der Waals surface area contributed by atoms with Gasteiger partial charge in [-0.15, -0.1) is 0 Å². The van der Waals surface area contributed by atoms with Gasteiger partial charge in [0.2, 0.25) is 11.6 Å². The second-order valence-electron chi connectivity index (χ2n) is 6.57. The summed E-state index contributed by atoms with van der Waals surface area (Å²) in [6, 6.07) is 0. The lowest BCUT2D eigenvalue weighted by Gasteiger charge is -2.45. The normalized spacial score (nSPS) is 28.2. The maximum Gasteiger partial charge on any atom is 0.460 e. The highest BCUT2D eigenvalue weighted by Gasteiger charge is 2.84. The number of hydrogen-bond donors (Lipinski definition) is 1. The number of amides is 1. The van der Waals surface area contributed by atoms with E-state index in [1.807, 2.05) is 0 Å². The predicted molar refractivity (Wildman–Crippen MR) is 72.0 cm³/mol. The summed E-state index contributed by atoms with van der Waals surface area (Å²) < 4.78 is 93.8. The number of carbonyl (C=O) groups is 1. The van der Waals surface area contributed by atoms with Crippen molar-refractivity contribution in [1.29, 1.82) is 0 Å². The highest BCUT2D eigenvalue weighted by Crippen LogP contribution is 2.57. The maximum atomic E-state index is 14.4. The zero-order chi connectivity index (χ0) is 19.4. The molecule has 0 spiro atoms. The third-order valence-corrected chi connectivity index (χ3v) is 4.53. The fourth-order valence-electron chi connectivity index (χ4n) is 3.12. The Morgan fingerprint density at radius 1 is 1.20 bits per heavy atom. The molecule has 1 heterocycles. The molecule has 1 aliphatic heterocycles. The molecule has 0 radical (unpaired) electrons. The number of hydrazone groups is 1. The Balaban J connectivity index is 2.62. The monoisotopic (exact) mass is 378 g/mol. The molecule has 0 aromatic rings. The van der Waals surface area contributed by atoms with E-state index in [0.29, 0.717) is 6.42 Å². The minimum Gasteiger partial charge on any atom is -0.364 e. The first-order chi connectivity index (χ1) is 11.2. The lowest BCUT2D eigenvalue weighted by molar-refractivity contribution is -0.407. The Hall–Kier alpha value is -1.39. The summed E-state index contributed by atoms with van der Waals surface area (Å²) in [5.41, 5.74) is -4.25. The van der Waals surface area contributed by atoms with Crippen molar-refractivity contribution in [3.05, 3.63) is 0 Å². The zero-order valence-electron chi connectivity index (χ0n) is 13.4. The summed E-state index contributed by atoms with van der Waals surface area (Å²) in [5, 5.41) is 13.7. The van der Waals surface area contributed by atoms with Crippen molar-refractivity contribution in [3.63, 3.8) is 0 Å². The van der Waals surface area contributed by atoms with Crippen LogP contribution in [0, 0.1) is 11.8 Å². The molecule has 1 aliphatic carbocycles. The van der Waals surface area contributed by atoms with Crippen molar-refractivity contribution in [2.24, 2.45) is 16.9 Å². The lowest BCUT2D eigenvalue weighted by Crippen LogP contribution is -2.72. The molecule has 1 saturated carbocycles. The molecule has 0 saturated heterocycles. The van der Waals surface area contributed by atoms with Crippen molar-refractivity contribution >= 4 is 11.6 Å². The largest absolute Gasteiger partial charge is 0.460 e. The molecule has 2 rings (SSSR count). The fourth-order valence-corrected chi connectivity index (χ4v) is 3.12. The van der Waals surface area contributed by atoms with E-state index in [4.69, 9.17) is 0 Å². The number of fused-ring (bicyclic) bond motifs is 1. The van der Waals surface area contributed by atoms with Crippen LogP contribution in [0.1, 0.15) is 39.5 Å². The number of aliphatic hydroxyl groups is 1. The van der Waals surface area contributed by atoms with Crippen LogP contribution in [0.15, 0.2) is 5.10 Å². The van der Waals surface area contributed by atoms with Gasteiger partial charge in [0, 0.05) is 11.6 Å². The van der Waals surface area contributed by atoms with E-state index >= 15 is 0 Å². The molecular weight excluding hydrogens is 361 g/mol. The first-order valence-corrected chi connectivity index (χ1v) is 7.65. The summed E-state index contributed by atoms with van der Waals surface area (Å²) in [7, 11) is 0. The van der Waals surface area contributed by atoms with Gasteiger partial charge in [-0.2, -0.15) is 40.8 Å². The Morgan fingerprint density at radius 2 is 1.76 bits per heavy atom.